The van der Waals surface area contributed by atoms with Gasteiger partial charge in [0.2, 0.25) is 0 Å². The molecular weight excluding hydrogens is 220 g/mol. The fourth-order valence-electron chi connectivity index (χ4n) is 1.13. The largest absolute Gasteiger partial charge is 0.465 e. The molecule has 88 valence electrons. The van der Waals surface area contributed by atoms with Gasteiger partial charge in [0, 0.05) is 12.8 Å². The monoisotopic (exact) mass is 231 g/mol. The van der Waals surface area contributed by atoms with Crippen molar-refractivity contribution in [1.29, 1.82) is 0 Å². The van der Waals surface area contributed by atoms with Crippen molar-refractivity contribution in [1.82, 2.24) is 0 Å². The zero-order chi connectivity index (χ0) is 12.2. The average molecular weight is 231 g/mol. The Morgan fingerprint density at radius 2 is 2.00 bits per heavy atom. The highest BCUT2D eigenvalue weighted by Crippen LogP contribution is 2.21. The molecule has 0 unspecified atom stereocenters. The van der Waals surface area contributed by atoms with Crippen LogP contribution < -0.4 is 4.90 Å². The number of benzene rings is 1. The van der Waals surface area contributed by atoms with Gasteiger partial charge in [-0.1, -0.05) is 18.2 Å². The number of anilines is 1. The van der Waals surface area contributed by atoms with E-state index in [1.165, 1.54) is 12.1 Å². The standard InChI is InChI=1S/C10H11F2NO3/c1-16-10(11,12)7-13(9(14)15)8-5-3-2-4-6-8/h2-6H,7H2,1H3,(H,14,15). The van der Waals surface area contributed by atoms with Gasteiger partial charge in [0.05, 0.1) is 0 Å². The Morgan fingerprint density at radius 1 is 1.44 bits per heavy atom. The van der Waals surface area contributed by atoms with E-state index in [4.69, 9.17) is 5.11 Å². The second-order valence-corrected chi connectivity index (χ2v) is 3.05. The normalized spacial score (nSPS) is 11.2. The molecule has 6 heteroatoms. The van der Waals surface area contributed by atoms with E-state index in [9.17, 15) is 13.6 Å². The summed E-state index contributed by atoms with van der Waals surface area (Å²) in [6.45, 7) is -1.04. The highest BCUT2D eigenvalue weighted by atomic mass is 19.3. The predicted octanol–water partition coefficient (Wildman–Crippen LogP) is 2.41. The molecule has 0 aliphatic rings. The van der Waals surface area contributed by atoms with E-state index < -0.39 is 18.7 Å². The lowest BCUT2D eigenvalue weighted by atomic mass is 10.3. The van der Waals surface area contributed by atoms with Crippen LogP contribution in [0.1, 0.15) is 0 Å². The number of alkyl halides is 2. The van der Waals surface area contributed by atoms with E-state index in [1.54, 1.807) is 18.2 Å². The van der Waals surface area contributed by atoms with Crippen LogP contribution in [0.15, 0.2) is 30.3 Å². The summed E-state index contributed by atoms with van der Waals surface area (Å²) in [5, 5.41) is 8.82. The molecule has 0 saturated heterocycles. The number of ether oxygens (including phenoxy) is 1. The van der Waals surface area contributed by atoms with Crippen molar-refractivity contribution in [2.24, 2.45) is 0 Å². The van der Waals surface area contributed by atoms with Gasteiger partial charge < -0.3 is 9.84 Å². The van der Waals surface area contributed by atoms with Crippen molar-refractivity contribution in [3.63, 3.8) is 0 Å². The van der Waals surface area contributed by atoms with Crippen molar-refractivity contribution >= 4 is 11.8 Å². The number of hydrogen-bond donors (Lipinski definition) is 1. The average Bonchev–Trinajstić information content (AvgIpc) is 2.27. The fourth-order valence-corrected chi connectivity index (χ4v) is 1.13. The SMILES string of the molecule is COC(F)(F)CN(C(=O)O)c1ccccc1. The summed E-state index contributed by atoms with van der Waals surface area (Å²) in [6, 6.07) is 7.66. The molecule has 0 aliphatic heterocycles. The van der Waals surface area contributed by atoms with Gasteiger partial charge in [-0.15, -0.1) is 0 Å². The van der Waals surface area contributed by atoms with Crippen molar-refractivity contribution in [3.8, 4) is 0 Å². The molecule has 0 atom stereocenters. The first kappa shape index (κ1) is 12.4. The number of carbonyl (C=O) groups is 1. The molecule has 0 fully saturated rings. The van der Waals surface area contributed by atoms with Gasteiger partial charge in [-0.3, -0.25) is 4.90 Å². The van der Waals surface area contributed by atoms with Crippen molar-refractivity contribution in [2.75, 3.05) is 18.6 Å². The van der Waals surface area contributed by atoms with E-state index in [0.29, 0.717) is 4.90 Å². The number of rotatable bonds is 4. The number of nitrogens with zero attached hydrogens (tertiary/aromatic N) is 1. The Bertz CT molecular complexity index is 356. The van der Waals surface area contributed by atoms with Crippen LogP contribution in [0.2, 0.25) is 0 Å². The molecule has 0 bridgehead atoms. The minimum Gasteiger partial charge on any atom is -0.465 e. The molecule has 1 aromatic rings. The summed E-state index contributed by atoms with van der Waals surface area (Å²) >= 11 is 0. The third-order valence-electron chi connectivity index (χ3n) is 1.94. The molecule has 0 spiro atoms. The van der Waals surface area contributed by atoms with Crippen LogP contribution in [0.3, 0.4) is 0 Å². The van der Waals surface area contributed by atoms with Crippen molar-refractivity contribution in [2.45, 2.75) is 6.11 Å². The van der Waals surface area contributed by atoms with Crippen molar-refractivity contribution in [3.05, 3.63) is 30.3 Å². The Hall–Kier alpha value is -1.69. The highest BCUT2D eigenvalue weighted by Gasteiger charge is 2.34. The molecule has 1 aromatic carbocycles. The van der Waals surface area contributed by atoms with Gasteiger partial charge in [-0.2, -0.15) is 8.78 Å². The summed E-state index contributed by atoms with van der Waals surface area (Å²) in [5.74, 6) is 0. The zero-order valence-corrected chi connectivity index (χ0v) is 8.56. The summed E-state index contributed by atoms with van der Waals surface area (Å²) in [5.41, 5.74) is 0.173. The van der Waals surface area contributed by atoms with Crippen LogP contribution in [0.4, 0.5) is 19.3 Å². The van der Waals surface area contributed by atoms with Crippen LogP contribution >= 0.6 is 0 Å². The van der Waals surface area contributed by atoms with E-state index in [0.717, 1.165) is 7.11 Å². The number of hydrogen-bond acceptors (Lipinski definition) is 2. The number of para-hydroxylation sites is 1. The first-order valence-corrected chi connectivity index (χ1v) is 4.45. The van der Waals surface area contributed by atoms with Crippen molar-refractivity contribution < 1.29 is 23.4 Å². The lowest BCUT2D eigenvalue weighted by molar-refractivity contribution is -0.212. The van der Waals surface area contributed by atoms with Gasteiger partial charge in [0.15, 0.2) is 0 Å². The Balaban J connectivity index is 2.89. The number of halogens is 2. The van der Waals surface area contributed by atoms with Crippen LogP contribution in [0.25, 0.3) is 0 Å². The molecule has 0 heterocycles. The van der Waals surface area contributed by atoms with Crippen LogP contribution in [0, 0.1) is 0 Å². The third kappa shape index (κ3) is 3.16. The van der Waals surface area contributed by atoms with E-state index in [2.05, 4.69) is 4.74 Å². The molecule has 0 aromatic heterocycles. The molecule has 1 N–H and O–H groups in total. The molecule has 1 amide bonds. The molecule has 16 heavy (non-hydrogen) atoms. The summed E-state index contributed by atoms with van der Waals surface area (Å²) in [6.07, 6.45) is -4.96. The van der Waals surface area contributed by atoms with Gasteiger partial charge in [0.1, 0.15) is 6.54 Å². The van der Waals surface area contributed by atoms with Crippen LogP contribution in [0.5, 0.6) is 0 Å². The predicted molar refractivity (Wildman–Crippen MR) is 53.8 cm³/mol. The molecular formula is C10H11F2NO3. The Kier molecular flexibility index (Phi) is 3.78. The quantitative estimate of drug-likeness (QED) is 0.865. The topological polar surface area (TPSA) is 49.8 Å². The minimum absolute atomic E-state index is 0.173. The maximum atomic E-state index is 12.9. The molecule has 1 rings (SSSR count). The van der Waals surface area contributed by atoms with Gasteiger partial charge in [-0.25, -0.2) is 4.79 Å². The smallest absolute Gasteiger partial charge is 0.412 e. The summed E-state index contributed by atoms with van der Waals surface area (Å²) in [7, 11) is 0.824. The Labute approximate surface area is 91.1 Å². The first-order chi connectivity index (χ1) is 7.46. The van der Waals surface area contributed by atoms with E-state index in [1.807, 2.05) is 0 Å². The highest BCUT2D eigenvalue weighted by molar-refractivity contribution is 5.85. The lowest BCUT2D eigenvalue weighted by Crippen LogP contribution is -2.41. The maximum Gasteiger partial charge on any atom is 0.412 e. The van der Waals surface area contributed by atoms with E-state index >= 15 is 0 Å². The maximum absolute atomic E-state index is 12.9. The molecule has 0 radical (unpaired) electrons. The van der Waals surface area contributed by atoms with E-state index in [-0.39, 0.29) is 5.69 Å². The Morgan fingerprint density at radius 3 is 2.44 bits per heavy atom. The lowest BCUT2D eigenvalue weighted by Gasteiger charge is -2.23. The fraction of sp³-hybridized carbons (Fsp3) is 0.300. The second kappa shape index (κ2) is 4.89. The third-order valence-corrected chi connectivity index (χ3v) is 1.94. The van der Waals surface area contributed by atoms with Gasteiger partial charge >= 0.3 is 12.2 Å². The number of carboxylic acid groups (broad SMARTS) is 1. The molecule has 0 aliphatic carbocycles. The second-order valence-electron chi connectivity index (χ2n) is 3.05. The first-order valence-electron chi connectivity index (χ1n) is 4.45. The zero-order valence-electron chi connectivity index (χ0n) is 8.56. The molecule has 0 saturated carbocycles. The number of methoxy groups -OCH3 is 1. The van der Waals surface area contributed by atoms with Gasteiger partial charge in [-0.05, 0) is 12.1 Å². The minimum atomic E-state index is -3.51. The summed E-state index contributed by atoms with van der Waals surface area (Å²) < 4.78 is 29.7. The van der Waals surface area contributed by atoms with Crippen LogP contribution in [-0.4, -0.2) is 31.0 Å². The number of amides is 1. The summed E-state index contributed by atoms with van der Waals surface area (Å²) in [4.78, 5) is 11.4. The van der Waals surface area contributed by atoms with Crippen LogP contribution in [-0.2, 0) is 4.74 Å². The molecule has 4 nitrogen and oxygen atoms in total. The van der Waals surface area contributed by atoms with Gasteiger partial charge in [0.25, 0.3) is 0 Å².